The summed E-state index contributed by atoms with van der Waals surface area (Å²) in [4.78, 5) is 27.4. The lowest BCUT2D eigenvalue weighted by atomic mass is 10.2. The van der Waals surface area contributed by atoms with Crippen LogP contribution < -0.4 is 9.99 Å². The second kappa shape index (κ2) is 9.96. The molecule has 0 aliphatic carbocycles. The number of aryl methyl sites for hydroxylation is 1. The molecule has 9 heteroatoms. The van der Waals surface area contributed by atoms with Gasteiger partial charge in [-0.25, -0.2) is 18.0 Å². The van der Waals surface area contributed by atoms with Gasteiger partial charge in [0.15, 0.2) is 0 Å². The van der Waals surface area contributed by atoms with Gasteiger partial charge in [-0.3, -0.25) is 8.87 Å². The van der Waals surface area contributed by atoms with Gasteiger partial charge < -0.3 is 9.72 Å². The molecule has 176 valence electrons. The van der Waals surface area contributed by atoms with E-state index in [0.717, 1.165) is 11.0 Å². The number of anilines is 1. The number of rotatable bonds is 9. The van der Waals surface area contributed by atoms with Crippen molar-refractivity contribution in [3.05, 3.63) is 94.9 Å². The van der Waals surface area contributed by atoms with Crippen LogP contribution >= 0.6 is 0 Å². The number of nitrogens with zero attached hydrogens (tertiary/aromatic N) is 2. The quantitative estimate of drug-likeness (QED) is 0.291. The first-order valence-corrected chi connectivity index (χ1v) is 12.4. The maximum absolute atomic E-state index is 13.1. The Morgan fingerprint density at radius 2 is 1.65 bits per heavy atom. The second-order valence-electron chi connectivity index (χ2n) is 7.62. The van der Waals surface area contributed by atoms with Crippen molar-refractivity contribution in [2.24, 2.45) is 0 Å². The van der Waals surface area contributed by atoms with Gasteiger partial charge in [0.1, 0.15) is 0 Å². The number of benzene rings is 3. The van der Waals surface area contributed by atoms with Crippen LogP contribution in [-0.2, 0) is 21.3 Å². The van der Waals surface area contributed by atoms with Crippen LogP contribution in [-0.4, -0.2) is 37.1 Å². The minimum absolute atomic E-state index is 0.0912. The number of aromatic nitrogens is 2. The van der Waals surface area contributed by atoms with E-state index in [1.807, 2.05) is 30.3 Å². The molecular formula is C25H25N3O5S. The summed E-state index contributed by atoms with van der Waals surface area (Å²) in [5, 5.41) is 0. The number of fused-ring (bicyclic) bond motifs is 1. The number of esters is 1. The largest absolute Gasteiger partial charge is 0.462 e. The summed E-state index contributed by atoms with van der Waals surface area (Å²) in [6, 6.07) is 21.9. The third-order valence-electron chi connectivity index (χ3n) is 5.45. The van der Waals surface area contributed by atoms with Crippen LogP contribution in [0.1, 0.15) is 23.7 Å². The van der Waals surface area contributed by atoms with Gasteiger partial charge in [-0.15, -0.1) is 0 Å². The van der Waals surface area contributed by atoms with Crippen molar-refractivity contribution in [3.63, 3.8) is 0 Å². The molecule has 0 aliphatic rings. The minimum Gasteiger partial charge on any atom is -0.462 e. The van der Waals surface area contributed by atoms with Gasteiger partial charge in [0.25, 0.3) is 10.0 Å². The van der Waals surface area contributed by atoms with Crippen LogP contribution in [0.15, 0.2) is 88.6 Å². The molecule has 4 rings (SSSR count). The number of nitrogens with one attached hydrogen (secondary N) is 1. The van der Waals surface area contributed by atoms with E-state index in [4.69, 9.17) is 4.74 Å². The highest BCUT2D eigenvalue weighted by atomic mass is 32.2. The summed E-state index contributed by atoms with van der Waals surface area (Å²) >= 11 is 0. The highest BCUT2D eigenvalue weighted by molar-refractivity contribution is 7.92. The van der Waals surface area contributed by atoms with Crippen LogP contribution in [0.3, 0.4) is 0 Å². The predicted octanol–water partition coefficient (Wildman–Crippen LogP) is 3.79. The van der Waals surface area contributed by atoms with Gasteiger partial charge in [-0.2, -0.15) is 0 Å². The van der Waals surface area contributed by atoms with Crippen molar-refractivity contribution in [1.82, 2.24) is 9.55 Å². The van der Waals surface area contributed by atoms with Gasteiger partial charge in [0.2, 0.25) is 0 Å². The predicted molar refractivity (Wildman–Crippen MR) is 131 cm³/mol. The van der Waals surface area contributed by atoms with Crippen molar-refractivity contribution in [2.75, 3.05) is 17.5 Å². The lowest BCUT2D eigenvalue weighted by Crippen LogP contribution is -2.30. The highest BCUT2D eigenvalue weighted by Gasteiger charge is 2.23. The molecule has 0 bridgehead atoms. The maximum atomic E-state index is 13.1. The molecule has 0 saturated carbocycles. The molecule has 4 aromatic rings. The van der Waals surface area contributed by atoms with Crippen molar-refractivity contribution >= 4 is 32.7 Å². The molecule has 0 amide bonds. The molecule has 1 N–H and O–H groups in total. The number of sulfonamides is 1. The molecular weight excluding hydrogens is 454 g/mol. The standard InChI is InChI=1S/C25H25N3O5S/c1-2-28(20-9-4-3-5-10-20)34(31,32)21-15-13-19(14-16-21)24(29)33-18-8-17-27-23-12-7-6-11-22(23)26-25(27)30/h3-7,9-16H,2,8,17-18H2,1H3,(H,26,30). The Morgan fingerprint density at radius 3 is 2.35 bits per heavy atom. The van der Waals surface area contributed by atoms with Crippen LogP contribution in [0.25, 0.3) is 11.0 Å². The fraction of sp³-hybridized carbons (Fsp3) is 0.200. The third kappa shape index (κ3) is 4.74. The average molecular weight is 480 g/mol. The molecule has 34 heavy (non-hydrogen) atoms. The molecule has 0 fully saturated rings. The maximum Gasteiger partial charge on any atom is 0.338 e. The molecule has 0 atom stereocenters. The molecule has 1 aromatic heterocycles. The van der Waals surface area contributed by atoms with Crippen LogP contribution in [0, 0.1) is 0 Å². The number of carbonyl (C=O) groups is 1. The molecule has 0 unspecified atom stereocenters. The number of hydrogen-bond acceptors (Lipinski definition) is 5. The summed E-state index contributed by atoms with van der Waals surface area (Å²) in [7, 11) is -3.77. The summed E-state index contributed by atoms with van der Waals surface area (Å²) in [5.74, 6) is -0.550. The monoisotopic (exact) mass is 479 g/mol. The van der Waals surface area contributed by atoms with E-state index in [0.29, 0.717) is 18.7 Å². The fourth-order valence-corrected chi connectivity index (χ4v) is 5.25. The Kier molecular flexibility index (Phi) is 6.83. The summed E-state index contributed by atoms with van der Waals surface area (Å²) in [6.07, 6.45) is 0.461. The van der Waals surface area contributed by atoms with Crippen molar-refractivity contribution in [2.45, 2.75) is 24.8 Å². The first-order chi connectivity index (χ1) is 16.4. The smallest absolute Gasteiger partial charge is 0.338 e. The van der Waals surface area contributed by atoms with Gasteiger partial charge in [0.05, 0.1) is 33.8 Å². The summed E-state index contributed by atoms with van der Waals surface area (Å²) < 4.78 is 34.4. The second-order valence-corrected chi connectivity index (χ2v) is 9.48. The first kappa shape index (κ1) is 23.3. The topological polar surface area (TPSA) is 101 Å². The van der Waals surface area contributed by atoms with E-state index >= 15 is 0 Å². The molecule has 0 spiro atoms. The normalized spacial score (nSPS) is 11.4. The minimum atomic E-state index is -3.77. The number of carbonyl (C=O) groups excluding carboxylic acids is 1. The number of ether oxygens (including phenoxy) is 1. The lowest BCUT2D eigenvalue weighted by molar-refractivity contribution is 0.0496. The van der Waals surface area contributed by atoms with Crippen LogP contribution in [0.4, 0.5) is 5.69 Å². The Hall–Kier alpha value is -3.85. The highest BCUT2D eigenvalue weighted by Crippen LogP contribution is 2.23. The Bertz CT molecular complexity index is 1440. The van der Waals surface area contributed by atoms with E-state index in [-0.39, 0.29) is 29.3 Å². The summed E-state index contributed by atoms with van der Waals surface area (Å²) in [5.41, 5.74) is 2.18. The van der Waals surface area contributed by atoms with Gasteiger partial charge >= 0.3 is 11.7 Å². The molecule has 8 nitrogen and oxygen atoms in total. The number of hydrogen-bond donors (Lipinski definition) is 1. The third-order valence-corrected chi connectivity index (χ3v) is 7.37. The van der Waals surface area contributed by atoms with E-state index in [1.54, 1.807) is 35.8 Å². The molecule has 0 radical (unpaired) electrons. The van der Waals surface area contributed by atoms with E-state index in [1.165, 1.54) is 28.6 Å². The van der Waals surface area contributed by atoms with Crippen LogP contribution in [0.5, 0.6) is 0 Å². The first-order valence-electron chi connectivity index (χ1n) is 10.9. The number of imidazole rings is 1. The average Bonchev–Trinajstić information content (AvgIpc) is 3.17. The Morgan fingerprint density at radius 1 is 0.971 bits per heavy atom. The fourth-order valence-electron chi connectivity index (χ4n) is 3.78. The lowest BCUT2D eigenvalue weighted by Gasteiger charge is -2.22. The Labute approximate surface area is 197 Å². The van der Waals surface area contributed by atoms with E-state index < -0.39 is 16.0 Å². The van der Waals surface area contributed by atoms with Crippen LogP contribution in [0.2, 0.25) is 0 Å². The Balaban J connectivity index is 1.37. The molecule has 0 aliphatic heterocycles. The number of aromatic amines is 1. The molecule has 1 heterocycles. The zero-order valence-corrected chi connectivity index (χ0v) is 19.5. The SMILES string of the molecule is CCN(c1ccccc1)S(=O)(=O)c1ccc(C(=O)OCCCn2c(=O)[nH]c3ccccc32)cc1. The van der Waals surface area contributed by atoms with Gasteiger partial charge in [0, 0.05) is 13.1 Å². The molecule has 0 saturated heterocycles. The van der Waals surface area contributed by atoms with Crippen molar-refractivity contribution in [1.29, 1.82) is 0 Å². The van der Waals surface area contributed by atoms with E-state index in [9.17, 15) is 18.0 Å². The van der Waals surface area contributed by atoms with Crippen molar-refractivity contribution < 1.29 is 17.9 Å². The number of para-hydroxylation sites is 3. The van der Waals surface area contributed by atoms with Gasteiger partial charge in [-0.1, -0.05) is 30.3 Å². The van der Waals surface area contributed by atoms with E-state index in [2.05, 4.69) is 4.98 Å². The number of H-pyrrole nitrogens is 1. The van der Waals surface area contributed by atoms with Gasteiger partial charge in [-0.05, 0) is 61.9 Å². The van der Waals surface area contributed by atoms with Crippen molar-refractivity contribution in [3.8, 4) is 0 Å². The zero-order valence-electron chi connectivity index (χ0n) is 18.7. The summed E-state index contributed by atoms with van der Waals surface area (Å²) in [6.45, 7) is 2.57. The molecule has 3 aromatic carbocycles. The zero-order chi connectivity index (χ0) is 24.1.